The van der Waals surface area contributed by atoms with E-state index in [1.54, 1.807) is 0 Å². The number of benzene rings is 1. The van der Waals surface area contributed by atoms with Crippen LogP contribution in [-0.4, -0.2) is 19.8 Å². The number of hydrogen-bond acceptors (Lipinski definition) is 2. The van der Waals surface area contributed by atoms with Crippen molar-refractivity contribution in [3.8, 4) is 0 Å². The topological polar surface area (TPSA) is 21.3 Å². The molecule has 0 atom stereocenters. The van der Waals surface area contributed by atoms with Gasteiger partial charge < -0.3 is 10.1 Å². The first kappa shape index (κ1) is 14.0. The lowest BCUT2D eigenvalue weighted by Gasteiger charge is -2.09. The summed E-state index contributed by atoms with van der Waals surface area (Å²) in [6, 6.07) is 6.09. The van der Waals surface area contributed by atoms with E-state index in [0.717, 1.165) is 40.8 Å². The van der Waals surface area contributed by atoms with Crippen molar-refractivity contribution in [3.05, 3.63) is 27.1 Å². The van der Waals surface area contributed by atoms with E-state index in [2.05, 4.69) is 44.1 Å². The SMILES string of the molecule is CCCCOCCNc1ccc(Br)cc1Br. The highest BCUT2D eigenvalue weighted by Crippen LogP contribution is 2.25. The Bertz CT molecular complexity index is 318. The van der Waals surface area contributed by atoms with Gasteiger partial charge in [0, 0.05) is 27.8 Å². The third kappa shape index (κ3) is 5.32. The number of hydrogen-bond donors (Lipinski definition) is 1. The van der Waals surface area contributed by atoms with Crippen molar-refractivity contribution in [3.63, 3.8) is 0 Å². The molecule has 0 heterocycles. The molecule has 0 saturated heterocycles. The number of nitrogens with one attached hydrogen (secondary N) is 1. The summed E-state index contributed by atoms with van der Waals surface area (Å²) in [6.07, 6.45) is 2.33. The lowest BCUT2D eigenvalue weighted by molar-refractivity contribution is 0.141. The summed E-state index contributed by atoms with van der Waals surface area (Å²) in [5, 5.41) is 3.32. The third-order valence-corrected chi connectivity index (χ3v) is 3.28. The van der Waals surface area contributed by atoms with E-state index >= 15 is 0 Å². The van der Waals surface area contributed by atoms with Crippen molar-refractivity contribution in [2.24, 2.45) is 0 Å². The second-order valence-corrected chi connectivity index (χ2v) is 5.29. The van der Waals surface area contributed by atoms with Gasteiger partial charge in [-0.2, -0.15) is 0 Å². The highest BCUT2D eigenvalue weighted by molar-refractivity contribution is 9.11. The summed E-state index contributed by atoms with van der Waals surface area (Å²) in [6.45, 7) is 4.62. The molecule has 1 N–H and O–H groups in total. The molecule has 1 aromatic rings. The van der Waals surface area contributed by atoms with Crippen molar-refractivity contribution >= 4 is 37.5 Å². The monoisotopic (exact) mass is 349 g/mol. The van der Waals surface area contributed by atoms with Crippen LogP contribution in [0.3, 0.4) is 0 Å². The fourth-order valence-corrected chi connectivity index (χ4v) is 2.43. The zero-order valence-electron chi connectivity index (χ0n) is 9.43. The number of ether oxygens (including phenoxy) is 1. The van der Waals surface area contributed by atoms with Gasteiger partial charge in [0.25, 0.3) is 0 Å². The van der Waals surface area contributed by atoms with Gasteiger partial charge in [-0.3, -0.25) is 0 Å². The Morgan fingerprint density at radius 3 is 2.75 bits per heavy atom. The van der Waals surface area contributed by atoms with Gasteiger partial charge in [-0.1, -0.05) is 29.3 Å². The van der Waals surface area contributed by atoms with Gasteiger partial charge in [0.1, 0.15) is 0 Å². The van der Waals surface area contributed by atoms with E-state index in [1.165, 1.54) is 6.42 Å². The smallest absolute Gasteiger partial charge is 0.0639 e. The van der Waals surface area contributed by atoms with Crippen LogP contribution in [0.5, 0.6) is 0 Å². The summed E-state index contributed by atoms with van der Waals surface area (Å²) in [4.78, 5) is 0. The first-order valence-corrected chi connectivity index (χ1v) is 7.09. The van der Waals surface area contributed by atoms with Crippen LogP contribution in [0.15, 0.2) is 27.1 Å². The highest BCUT2D eigenvalue weighted by Gasteiger charge is 1.99. The number of unbranched alkanes of at least 4 members (excludes halogenated alkanes) is 1. The zero-order chi connectivity index (χ0) is 11.8. The molecule has 0 unspecified atom stereocenters. The minimum absolute atomic E-state index is 0.752. The van der Waals surface area contributed by atoms with Gasteiger partial charge in [0.05, 0.1) is 6.61 Å². The molecule has 0 saturated carbocycles. The maximum absolute atomic E-state index is 5.47. The van der Waals surface area contributed by atoms with Crippen LogP contribution >= 0.6 is 31.9 Å². The van der Waals surface area contributed by atoms with E-state index in [0.29, 0.717) is 0 Å². The van der Waals surface area contributed by atoms with Crippen molar-refractivity contribution in [2.45, 2.75) is 19.8 Å². The molecule has 4 heteroatoms. The van der Waals surface area contributed by atoms with Gasteiger partial charge in [-0.05, 0) is 40.5 Å². The van der Waals surface area contributed by atoms with Crippen LogP contribution in [0.4, 0.5) is 5.69 Å². The summed E-state index contributed by atoms with van der Waals surface area (Å²) in [5.41, 5.74) is 1.10. The first-order valence-electron chi connectivity index (χ1n) is 5.50. The van der Waals surface area contributed by atoms with E-state index < -0.39 is 0 Å². The molecule has 1 aromatic carbocycles. The maximum atomic E-state index is 5.47. The van der Waals surface area contributed by atoms with Gasteiger partial charge in [0.2, 0.25) is 0 Å². The fourth-order valence-electron chi connectivity index (χ4n) is 1.24. The minimum atomic E-state index is 0.752. The van der Waals surface area contributed by atoms with Crippen molar-refractivity contribution in [1.82, 2.24) is 0 Å². The molecule has 0 aliphatic carbocycles. The molecule has 0 amide bonds. The van der Waals surface area contributed by atoms with Gasteiger partial charge in [-0.15, -0.1) is 0 Å². The quantitative estimate of drug-likeness (QED) is 0.734. The average molecular weight is 351 g/mol. The number of halogens is 2. The number of anilines is 1. The van der Waals surface area contributed by atoms with Crippen LogP contribution in [0.2, 0.25) is 0 Å². The predicted molar refractivity (Wildman–Crippen MR) is 76.1 cm³/mol. The lowest BCUT2D eigenvalue weighted by atomic mass is 10.3. The molecule has 0 bridgehead atoms. The van der Waals surface area contributed by atoms with Crippen LogP contribution in [0.25, 0.3) is 0 Å². The summed E-state index contributed by atoms with van der Waals surface area (Å²) < 4.78 is 7.61. The Morgan fingerprint density at radius 1 is 1.25 bits per heavy atom. The molecule has 0 aliphatic heterocycles. The first-order chi connectivity index (χ1) is 7.74. The predicted octanol–water partition coefficient (Wildman–Crippen LogP) is 4.44. The van der Waals surface area contributed by atoms with Crippen molar-refractivity contribution < 1.29 is 4.74 Å². The van der Waals surface area contributed by atoms with Crippen LogP contribution in [-0.2, 0) is 4.74 Å². The second-order valence-electron chi connectivity index (χ2n) is 3.52. The Kier molecular flexibility index (Phi) is 7.08. The average Bonchev–Trinajstić information content (AvgIpc) is 2.26. The van der Waals surface area contributed by atoms with E-state index in [1.807, 2.05) is 18.2 Å². The Morgan fingerprint density at radius 2 is 2.06 bits per heavy atom. The molecule has 0 radical (unpaired) electrons. The zero-order valence-corrected chi connectivity index (χ0v) is 12.6. The Hall–Kier alpha value is -0.0600. The Balaban J connectivity index is 2.21. The standard InChI is InChI=1S/C12H17Br2NO/c1-2-3-7-16-8-6-15-12-5-4-10(13)9-11(12)14/h4-5,9,15H,2-3,6-8H2,1H3. The van der Waals surface area contributed by atoms with Crippen LogP contribution < -0.4 is 5.32 Å². The van der Waals surface area contributed by atoms with E-state index in [9.17, 15) is 0 Å². The molecule has 0 fully saturated rings. The molecule has 16 heavy (non-hydrogen) atoms. The molecule has 2 nitrogen and oxygen atoms in total. The lowest BCUT2D eigenvalue weighted by Crippen LogP contribution is -2.10. The van der Waals surface area contributed by atoms with Gasteiger partial charge in [-0.25, -0.2) is 0 Å². The van der Waals surface area contributed by atoms with Crippen molar-refractivity contribution in [2.75, 3.05) is 25.1 Å². The van der Waals surface area contributed by atoms with Crippen LogP contribution in [0.1, 0.15) is 19.8 Å². The normalized spacial score (nSPS) is 10.4. The molecule has 0 aromatic heterocycles. The molecule has 0 aliphatic rings. The van der Waals surface area contributed by atoms with Gasteiger partial charge in [0.15, 0.2) is 0 Å². The fraction of sp³-hybridized carbons (Fsp3) is 0.500. The second kappa shape index (κ2) is 8.09. The summed E-state index contributed by atoms with van der Waals surface area (Å²) in [7, 11) is 0. The minimum Gasteiger partial charge on any atom is -0.382 e. The highest BCUT2D eigenvalue weighted by atomic mass is 79.9. The molecule has 90 valence electrons. The van der Waals surface area contributed by atoms with Crippen molar-refractivity contribution in [1.29, 1.82) is 0 Å². The molecule has 0 spiro atoms. The third-order valence-electron chi connectivity index (χ3n) is 2.14. The molecular weight excluding hydrogens is 334 g/mol. The van der Waals surface area contributed by atoms with E-state index in [4.69, 9.17) is 4.74 Å². The van der Waals surface area contributed by atoms with Gasteiger partial charge >= 0.3 is 0 Å². The molecule has 1 rings (SSSR count). The molecular formula is C12H17Br2NO. The number of rotatable bonds is 7. The van der Waals surface area contributed by atoms with E-state index in [-0.39, 0.29) is 0 Å². The Labute approximate surface area is 114 Å². The summed E-state index contributed by atoms with van der Waals surface area (Å²) >= 11 is 6.93. The maximum Gasteiger partial charge on any atom is 0.0639 e. The largest absolute Gasteiger partial charge is 0.382 e. The van der Waals surface area contributed by atoms with Crippen LogP contribution in [0, 0.1) is 0 Å². The summed E-state index contributed by atoms with van der Waals surface area (Å²) in [5.74, 6) is 0.